The van der Waals surface area contributed by atoms with E-state index in [2.05, 4.69) is 53.8 Å². The molecule has 0 spiro atoms. The molecule has 6 heteroatoms. The maximum Gasteiger partial charge on any atom is 0.273 e. The zero-order chi connectivity index (χ0) is 17.9. The fourth-order valence-corrected chi connectivity index (χ4v) is 3.45. The lowest BCUT2D eigenvalue weighted by atomic mass is 9.82. The summed E-state index contributed by atoms with van der Waals surface area (Å²) in [7, 11) is 0. The van der Waals surface area contributed by atoms with E-state index in [0.29, 0.717) is 18.3 Å². The Hall–Kier alpha value is -2.21. The minimum absolute atomic E-state index is 0.147. The number of piperidine rings is 1. The van der Waals surface area contributed by atoms with E-state index < -0.39 is 0 Å². The van der Waals surface area contributed by atoms with E-state index in [1.54, 1.807) is 6.20 Å². The van der Waals surface area contributed by atoms with E-state index in [-0.39, 0.29) is 11.3 Å². The topological polar surface area (TPSA) is 71.8 Å². The number of hydrogen-bond acceptors (Lipinski definition) is 4. The monoisotopic (exact) mass is 341 g/mol. The highest BCUT2D eigenvalue weighted by Crippen LogP contribution is 2.25. The fraction of sp³-hybridized carbons (Fsp3) is 0.526. The minimum Gasteiger partial charge on any atom is -0.350 e. The van der Waals surface area contributed by atoms with Gasteiger partial charge in [-0.25, -0.2) is 4.68 Å². The molecule has 1 saturated heterocycles. The molecule has 2 N–H and O–H groups in total. The van der Waals surface area contributed by atoms with Crippen LogP contribution in [0, 0.1) is 6.92 Å². The molecule has 1 aliphatic rings. The molecular formula is C19H27N5O. The highest BCUT2D eigenvalue weighted by Gasteiger charge is 2.24. The lowest BCUT2D eigenvalue weighted by Crippen LogP contribution is -2.37. The molecule has 6 nitrogen and oxygen atoms in total. The van der Waals surface area contributed by atoms with E-state index in [1.165, 1.54) is 11.1 Å². The zero-order valence-electron chi connectivity index (χ0n) is 15.2. The summed E-state index contributed by atoms with van der Waals surface area (Å²) < 4.78 is 1.84. The predicted molar refractivity (Wildman–Crippen MR) is 97.7 cm³/mol. The number of carbonyl (C=O) groups excluding carboxylic acids is 1. The molecule has 1 aliphatic heterocycles. The summed E-state index contributed by atoms with van der Waals surface area (Å²) in [5, 5.41) is 14.6. The van der Waals surface area contributed by atoms with Crippen LogP contribution in [0.15, 0.2) is 30.5 Å². The second kappa shape index (κ2) is 7.35. The maximum atomic E-state index is 12.5. The Bertz CT molecular complexity index is 731. The van der Waals surface area contributed by atoms with Crippen LogP contribution in [-0.4, -0.2) is 40.5 Å². The van der Waals surface area contributed by atoms with Crippen LogP contribution in [0.2, 0.25) is 0 Å². The third-order valence-electron chi connectivity index (χ3n) is 4.99. The number of nitrogens with one attached hydrogen (secondary N) is 2. The van der Waals surface area contributed by atoms with Crippen LogP contribution in [0.4, 0.5) is 0 Å². The van der Waals surface area contributed by atoms with Crippen LogP contribution in [0.3, 0.4) is 0 Å². The van der Waals surface area contributed by atoms with Crippen molar-refractivity contribution in [2.24, 2.45) is 0 Å². The maximum absolute atomic E-state index is 12.5. The Morgan fingerprint density at radius 1 is 1.32 bits per heavy atom. The molecular weight excluding hydrogens is 314 g/mol. The zero-order valence-corrected chi connectivity index (χ0v) is 15.2. The average molecular weight is 341 g/mol. The Morgan fingerprint density at radius 2 is 2.04 bits per heavy atom. The third kappa shape index (κ3) is 4.07. The summed E-state index contributed by atoms with van der Waals surface area (Å²) in [4.78, 5) is 12.5. The molecule has 134 valence electrons. The van der Waals surface area contributed by atoms with Gasteiger partial charge in [0, 0.05) is 12.0 Å². The van der Waals surface area contributed by atoms with Crippen LogP contribution >= 0.6 is 0 Å². The van der Waals surface area contributed by atoms with E-state index in [1.807, 2.05) is 16.8 Å². The van der Waals surface area contributed by atoms with Crippen LogP contribution < -0.4 is 10.6 Å². The lowest BCUT2D eigenvalue weighted by molar-refractivity contribution is 0.0940. The molecule has 25 heavy (non-hydrogen) atoms. The van der Waals surface area contributed by atoms with Crippen molar-refractivity contribution < 1.29 is 4.79 Å². The summed E-state index contributed by atoms with van der Waals surface area (Å²) in [5.74, 6) is -0.165. The van der Waals surface area contributed by atoms with Crippen LogP contribution in [0.5, 0.6) is 0 Å². The Balaban J connectivity index is 1.62. The Morgan fingerprint density at radius 3 is 2.76 bits per heavy atom. The standard InChI is InChI=1S/C19H27N5O/c1-14-6-4-5-7-16(14)19(2,3)13-21-18(25)17-12-24(23-22-17)15-8-10-20-11-9-15/h4-7,12,15,20H,8-11,13H2,1-3H3,(H,21,25). The van der Waals surface area contributed by atoms with Crippen LogP contribution in [0.1, 0.15) is 54.3 Å². The van der Waals surface area contributed by atoms with Gasteiger partial charge in [0.1, 0.15) is 0 Å². The Kier molecular flexibility index (Phi) is 5.18. The first-order chi connectivity index (χ1) is 12.0. The number of nitrogens with zero attached hydrogens (tertiary/aromatic N) is 3. The van der Waals surface area contributed by atoms with Crippen molar-refractivity contribution in [3.63, 3.8) is 0 Å². The summed E-state index contributed by atoms with van der Waals surface area (Å²) in [5.41, 5.74) is 2.72. The molecule has 1 fully saturated rings. The van der Waals surface area contributed by atoms with Crippen molar-refractivity contribution in [2.75, 3.05) is 19.6 Å². The second-order valence-corrected chi connectivity index (χ2v) is 7.45. The van der Waals surface area contributed by atoms with Gasteiger partial charge in [-0.3, -0.25) is 4.79 Å². The lowest BCUT2D eigenvalue weighted by Gasteiger charge is -2.27. The highest BCUT2D eigenvalue weighted by molar-refractivity contribution is 5.91. The minimum atomic E-state index is -0.165. The van der Waals surface area contributed by atoms with Gasteiger partial charge in [0.15, 0.2) is 5.69 Å². The van der Waals surface area contributed by atoms with Crippen molar-refractivity contribution in [3.8, 4) is 0 Å². The molecule has 3 rings (SSSR count). The molecule has 0 atom stereocenters. The number of aromatic nitrogens is 3. The van der Waals surface area contributed by atoms with Crippen LogP contribution in [-0.2, 0) is 5.41 Å². The van der Waals surface area contributed by atoms with Crippen LogP contribution in [0.25, 0.3) is 0 Å². The molecule has 0 radical (unpaired) electrons. The number of benzene rings is 1. The summed E-state index contributed by atoms with van der Waals surface area (Å²) in [6.07, 6.45) is 3.81. The van der Waals surface area contributed by atoms with Gasteiger partial charge in [-0.15, -0.1) is 5.10 Å². The first kappa shape index (κ1) is 17.6. The predicted octanol–water partition coefficient (Wildman–Crippen LogP) is 2.22. The van der Waals surface area contributed by atoms with Gasteiger partial charge in [0.2, 0.25) is 0 Å². The summed E-state index contributed by atoms with van der Waals surface area (Å²) in [6, 6.07) is 8.63. The van der Waals surface area contributed by atoms with Crippen molar-refractivity contribution in [2.45, 2.75) is 45.1 Å². The molecule has 1 aromatic carbocycles. The van der Waals surface area contributed by atoms with E-state index >= 15 is 0 Å². The number of aryl methyl sites for hydroxylation is 1. The summed E-state index contributed by atoms with van der Waals surface area (Å²) in [6.45, 7) is 8.90. The molecule has 0 saturated carbocycles. The number of hydrogen-bond donors (Lipinski definition) is 2. The summed E-state index contributed by atoms with van der Waals surface area (Å²) >= 11 is 0. The number of amides is 1. The molecule has 0 unspecified atom stereocenters. The third-order valence-corrected chi connectivity index (χ3v) is 4.99. The van der Waals surface area contributed by atoms with Gasteiger partial charge in [-0.2, -0.15) is 0 Å². The van der Waals surface area contributed by atoms with Crippen molar-refractivity contribution in [1.29, 1.82) is 0 Å². The van der Waals surface area contributed by atoms with Crippen molar-refractivity contribution in [3.05, 3.63) is 47.3 Å². The molecule has 2 aromatic rings. The van der Waals surface area contributed by atoms with E-state index in [9.17, 15) is 4.79 Å². The van der Waals surface area contributed by atoms with Crippen molar-refractivity contribution >= 4 is 5.91 Å². The normalized spacial score (nSPS) is 16.0. The van der Waals surface area contributed by atoms with Gasteiger partial charge >= 0.3 is 0 Å². The number of rotatable bonds is 5. The van der Waals surface area contributed by atoms with Gasteiger partial charge in [-0.05, 0) is 44.0 Å². The number of carbonyl (C=O) groups is 1. The van der Waals surface area contributed by atoms with Gasteiger partial charge in [0.25, 0.3) is 5.91 Å². The molecule has 1 aromatic heterocycles. The van der Waals surface area contributed by atoms with Gasteiger partial charge in [0.05, 0.1) is 12.2 Å². The first-order valence-electron chi connectivity index (χ1n) is 8.94. The van der Waals surface area contributed by atoms with Gasteiger partial charge in [-0.1, -0.05) is 43.3 Å². The van der Waals surface area contributed by atoms with E-state index in [0.717, 1.165) is 25.9 Å². The molecule has 0 aliphatic carbocycles. The molecule has 2 heterocycles. The van der Waals surface area contributed by atoms with E-state index in [4.69, 9.17) is 0 Å². The first-order valence-corrected chi connectivity index (χ1v) is 8.94. The average Bonchev–Trinajstić information content (AvgIpc) is 3.11. The largest absolute Gasteiger partial charge is 0.350 e. The smallest absolute Gasteiger partial charge is 0.273 e. The fourth-order valence-electron chi connectivity index (χ4n) is 3.45. The quantitative estimate of drug-likeness (QED) is 0.875. The second-order valence-electron chi connectivity index (χ2n) is 7.45. The highest BCUT2D eigenvalue weighted by atomic mass is 16.2. The molecule has 0 bridgehead atoms. The Labute approximate surface area is 149 Å². The van der Waals surface area contributed by atoms with Gasteiger partial charge < -0.3 is 10.6 Å². The van der Waals surface area contributed by atoms with Crippen molar-refractivity contribution in [1.82, 2.24) is 25.6 Å². The SMILES string of the molecule is Cc1ccccc1C(C)(C)CNC(=O)c1cn(C2CCNCC2)nn1. The molecule has 1 amide bonds.